The van der Waals surface area contributed by atoms with Crippen molar-refractivity contribution in [3.63, 3.8) is 0 Å². The third-order valence-corrected chi connectivity index (χ3v) is 6.02. The van der Waals surface area contributed by atoms with Crippen LogP contribution in [0, 0.1) is 11.8 Å². The molecule has 2 aliphatic rings. The number of hydrogen-bond acceptors (Lipinski definition) is 5. The van der Waals surface area contributed by atoms with Crippen molar-refractivity contribution in [2.75, 3.05) is 33.9 Å². The Kier molecular flexibility index (Phi) is 5.22. The average molecular weight is 381 g/mol. The Morgan fingerprint density at radius 2 is 1.89 bits per heavy atom. The van der Waals surface area contributed by atoms with Crippen molar-refractivity contribution in [3.05, 3.63) is 53.9 Å². The third kappa shape index (κ3) is 3.33. The first-order chi connectivity index (χ1) is 13.6. The number of likely N-dealkylation sites (tertiary alicyclic amines) is 2. The molecule has 28 heavy (non-hydrogen) atoms. The number of carbonyl (C=O) groups is 1. The molecule has 0 saturated carbocycles. The predicted molar refractivity (Wildman–Crippen MR) is 106 cm³/mol. The van der Waals surface area contributed by atoms with Crippen molar-refractivity contribution >= 4 is 5.91 Å². The molecule has 2 aromatic rings. The van der Waals surface area contributed by atoms with E-state index >= 15 is 0 Å². The van der Waals surface area contributed by atoms with Gasteiger partial charge in [-0.3, -0.25) is 14.7 Å². The van der Waals surface area contributed by atoms with Crippen molar-refractivity contribution in [1.82, 2.24) is 14.8 Å². The van der Waals surface area contributed by atoms with Crippen molar-refractivity contribution in [3.8, 4) is 11.5 Å². The molecule has 6 heteroatoms. The van der Waals surface area contributed by atoms with Crippen LogP contribution in [-0.4, -0.2) is 54.5 Å². The van der Waals surface area contributed by atoms with Gasteiger partial charge < -0.3 is 14.4 Å². The fraction of sp³-hybridized carbons (Fsp3) is 0.455. The van der Waals surface area contributed by atoms with Crippen molar-refractivity contribution in [2.24, 2.45) is 11.8 Å². The van der Waals surface area contributed by atoms with Crippen LogP contribution in [0.4, 0.5) is 0 Å². The van der Waals surface area contributed by atoms with Crippen molar-refractivity contribution in [1.29, 1.82) is 0 Å². The summed E-state index contributed by atoms with van der Waals surface area (Å²) in [6.45, 7) is 5.11. The van der Waals surface area contributed by atoms with Gasteiger partial charge in [-0.2, -0.15) is 0 Å². The van der Waals surface area contributed by atoms with Crippen LogP contribution in [0.1, 0.15) is 24.2 Å². The van der Waals surface area contributed by atoms with Gasteiger partial charge >= 0.3 is 0 Å². The number of methoxy groups -OCH3 is 2. The van der Waals surface area contributed by atoms with E-state index in [2.05, 4.69) is 34.1 Å². The summed E-state index contributed by atoms with van der Waals surface area (Å²) in [5.41, 5.74) is 2.12. The van der Waals surface area contributed by atoms with Gasteiger partial charge in [0, 0.05) is 51.3 Å². The van der Waals surface area contributed by atoms with Gasteiger partial charge in [0.05, 0.1) is 20.3 Å². The molecule has 0 N–H and O–H groups in total. The maximum Gasteiger partial charge on any atom is 0.219 e. The van der Waals surface area contributed by atoms with E-state index in [0.717, 1.165) is 31.9 Å². The summed E-state index contributed by atoms with van der Waals surface area (Å²) in [7, 11) is 3.29. The minimum Gasteiger partial charge on any atom is -0.493 e. The molecule has 1 aromatic heterocycles. The highest BCUT2D eigenvalue weighted by molar-refractivity contribution is 5.74. The van der Waals surface area contributed by atoms with E-state index in [4.69, 9.17) is 9.47 Å². The molecular formula is C22H27N3O3. The van der Waals surface area contributed by atoms with Crippen molar-refractivity contribution < 1.29 is 14.3 Å². The maximum atomic E-state index is 12.3. The minimum atomic E-state index is 0.147. The Bertz CT molecular complexity index is 842. The molecule has 3 atom stereocenters. The maximum absolute atomic E-state index is 12.3. The SMILES string of the molecule is COc1ccnc(CN2C[C@@H]3CN(C(C)=O)[C@H](c4ccccc4)[C@@H]3C2)c1OC. The van der Waals surface area contributed by atoms with E-state index in [-0.39, 0.29) is 11.9 Å². The number of hydrogen-bond donors (Lipinski definition) is 0. The van der Waals surface area contributed by atoms with Crippen LogP contribution in [0.15, 0.2) is 42.6 Å². The van der Waals surface area contributed by atoms with E-state index in [0.29, 0.717) is 23.3 Å². The van der Waals surface area contributed by atoms with Gasteiger partial charge in [-0.05, 0) is 11.5 Å². The van der Waals surface area contributed by atoms with Gasteiger partial charge in [-0.1, -0.05) is 30.3 Å². The molecule has 1 amide bonds. The summed E-state index contributed by atoms with van der Waals surface area (Å²) in [4.78, 5) is 21.3. The molecule has 2 aliphatic heterocycles. The first kappa shape index (κ1) is 18.7. The highest BCUT2D eigenvalue weighted by atomic mass is 16.5. The molecule has 0 aliphatic carbocycles. The lowest BCUT2D eigenvalue weighted by molar-refractivity contribution is -0.130. The highest BCUT2D eigenvalue weighted by Crippen LogP contribution is 2.45. The standard InChI is InChI=1S/C22H27N3O3/c1-15(26)25-12-17-11-24(13-18(17)21(25)16-7-5-4-6-8-16)14-19-22(28-3)20(27-2)9-10-23-19/h4-10,17-18,21H,11-14H2,1-3H3/t17-,18-,21-/m1/s1. The second-order valence-electron chi connectivity index (χ2n) is 7.64. The molecule has 0 bridgehead atoms. The average Bonchev–Trinajstić information content (AvgIpc) is 3.25. The lowest BCUT2D eigenvalue weighted by Crippen LogP contribution is -2.34. The largest absolute Gasteiger partial charge is 0.493 e. The number of fused-ring (bicyclic) bond motifs is 1. The summed E-state index contributed by atoms with van der Waals surface area (Å²) >= 11 is 0. The molecule has 0 unspecified atom stereocenters. The fourth-order valence-electron chi connectivity index (χ4n) is 4.84. The normalized spacial score (nSPS) is 24.2. The molecule has 2 fully saturated rings. The summed E-state index contributed by atoms with van der Waals surface area (Å²) in [6.07, 6.45) is 1.76. The zero-order valence-corrected chi connectivity index (χ0v) is 16.7. The number of rotatable bonds is 5. The zero-order chi connectivity index (χ0) is 19.7. The van der Waals surface area contributed by atoms with Gasteiger partial charge in [-0.25, -0.2) is 0 Å². The number of ether oxygens (including phenoxy) is 2. The van der Waals surface area contributed by atoms with Gasteiger partial charge in [0.1, 0.15) is 5.69 Å². The van der Waals surface area contributed by atoms with Crippen molar-refractivity contribution in [2.45, 2.75) is 19.5 Å². The number of nitrogens with zero attached hydrogens (tertiary/aromatic N) is 3. The first-order valence-electron chi connectivity index (χ1n) is 9.72. The van der Waals surface area contributed by atoms with Crippen LogP contribution in [0.3, 0.4) is 0 Å². The quantitative estimate of drug-likeness (QED) is 0.797. The predicted octanol–water partition coefficient (Wildman–Crippen LogP) is 2.75. The number of carbonyl (C=O) groups excluding carboxylic acids is 1. The lowest BCUT2D eigenvalue weighted by atomic mass is 9.89. The molecule has 6 nitrogen and oxygen atoms in total. The van der Waals surface area contributed by atoms with Gasteiger partial charge in [0.25, 0.3) is 0 Å². The molecule has 1 aromatic carbocycles. The highest BCUT2D eigenvalue weighted by Gasteiger charge is 2.48. The van der Waals surface area contributed by atoms with E-state index in [1.807, 2.05) is 17.0 Å². The minimum absolute atomic E-state index is 0.147. The Balaban J connectivity index is 1.55. The summed E-state index contributed by atoms with van der Waals surface area (Å²) < 4.78 is 10.9. The molecule has 2 saturated heterocycles. The summed E-state index contributed by atoms with van der Waals surface area (Å²) in [5, 5.41) is 0. The number of aromatic nitrogens is 1. The summed E-state index contributed by atoms with van der Waals surface area (Å²) in [6, 6.07) is 12.4. The van der Waals surface area contributed by atoms with E-state index in [1.165, 1.54) is 5.56 Å². The van der Waals surface area contributed by atoms with Crippen LogP contribution < -0.4 is 9.47 Å². The fourth-order valence-corrected chi connectivity index (χ4v) is 4.84. The van der Waals surface area contributed by atoms with Crippen LogP contribution >= 0.6 is 0 Å². The van der Waals surface area contributed by atoms with Gasteiger partial charge in [-0.15, -0.1) is 0 Å². The Morgan fingerprint density at radius 3 is 2.57 bits per heavy atom. The van der Waals surface area contributed by atoms with E-state index in [1.54, 1.807) is 27.3 Å². The van der Waals surface area contributed by atoms with E-state index < -0.39 is 0 Å². The molecule has 0 radical (unpaired) electrons. The molecular weight excluding hydrogens is 354 g/mol. The second-order valence-corrected chi connectivity index (χ2v) is 7.64. The van der Waals surface area contributed by atoms with Crippen LogP contribution in [-0.2, 0) is 11.3 Å². The number of pyridine rings is 1. The molecule has 4 rings (SSSR count). The number of benzene rings is 1. The Hall–Kier alpha value is -2.60. The second kappa shape index (κ2) is 7.80. The monoisotopic (exact) mass is 381 g/mol. The molecule has 148 valence electrons. The Morgan fingerprint density at radius 1 is 1.11 bits per heavy atom. The van der Waals surface area contributed by atoms with Crippen LogP contribution in [0.5, 0.6) is 11.5 Å². The summed E-state index contributed by atoms with van der Waals surface area (Å²) in [5.74, 6) is 2.48. The zero-order valence-electron chi connectivity index (χ0n) is 16.7. The van der Waals surface area contributed by atoms with Crippen LogP contribution in [0.2, 0.25) is 0 Å². The smallest absolute Gasteiger partial charge is 0.219 e. The lowest BCUT2D eigenvalue weighted by Gasteiger charge is -2.29. The van der Waals surface area contributed by atoms with Gasteiger partial charge in [0.2, 0.25) is 5.91 Å². The molecule has 3 heterocycles. The molecule has 0 spiro atoms. The van der Waals surface area contributed by atoms with Gasteiger partial charge in [0.15, 0.2) is 11.5 Å². The van der Waals surface area contributed by atoms with E-state index in [9.17, 15) is 4.79 Å². The first-order valence-corrected chi connectivity index (χ1v) is 9.72. The number of amides is 1. The Labute approximate surface area is 166 Å². The van der Waals surface area contributed by atoms with Crippen LogP contribution in [0.25, 0.3) is 0 Å². The third-order valence-electron chi connectivity index (χ3n) is 6.02. The topological polar surface area (TPSA) is 54.9 Å².